The third-order valence-electron chi connectivity index (χ3n) is 4.49. The van der Waals surface area contributed by atoms with Crippen molar-refractivity contribution < 1.29 is 14.2 Å². The van der Waals surface area contributed by atoms with Crippen molar-refractivity contribution >= 4 is 0 Å². The maximum absolute atomic E-state index is 13.5. The second kappa shape index (κ2) is 8.38. The molecule has 0 heterocycles. The Kier molecular flexibility index (Phi) is 5.96. The van der Waals surface area contributed by atoms with E-state index in [-0.39, 0.29) is 25.1 Å². The van der Waals surface area contributed by atoms with E-state index in [2.05, 4.69) is 29.6 Å². The maximum atomic E-state index is 13.5. The number of aryl methyl sites for hydroxylation is 1. The molecular weight excluding hydrogens is 305 g/mol. The molecule has 2 aromatic rings. The SMILES string of the molecule is OC(CNC1CCCc2ccccc21)COCc1ccccc1F. The molecule has 1 aliphatic rings. The van der Waals surface area contributed by atoms with Crippen LogP contribution in [-0.2, 0) is 17.8 Å². The normalized spacial score (nSPS) is 18.2. The number of hydrogen-bond donors (Lipinski definition) is 2. The van der Waals surface area contributed by atoms with Gasteiger partial charge in [-0.05, 0) is 36.5 Å². The van der Waals surface area contributed by atoms with E-state index in [9.17, 15) is 9.50 Å². The molecule has 24 heavy (non-hydrogen) atoms. The Morgan fingerprint density at radius 1 is 1.17 bits per heavy atom. The smallest absolute Gasteiger partial charge is 0.128 e. The topological polar surface area (TPSA) is 41.5 Å². The van der Waals surface area contributed by atoms with Crippen molar-refractivity contribution in [2.24, 2.45) is 0 Å². The monoisotopic (exact) mass is 329 g/mol. The van der Waals surface area contributed by atoms with Gasteiger partial charge in [0.1, 0.15) is 5.82 Å². The molecule has 3 rings (SSSR count). The molecule has 0 spiro atoms. The summed E-state index contributed by atoms with van der Waals surface area (Å²) < 4.78 is 18.9. The van der Waals surface area contributed by atoms with Crippen LogP contribution in [0.3, 0.4) is 0 Å². The predicted octanol–water partition coefficient (Wildman–Crippen LogP) is 3.37. The highest BCUT2D eigenvalue weighted by Crippen LogP contribution is 2.29. The fourth-order valence-electron chi connectivity index (χ4n) is 3.22. The largest absolute Gasteiger partial charge is 0.389 e. The van der Waals surface area contributed by atoms with Crippen molar-refractivity contribution in [1.82, 2.24) is 5.32 Å². The van der Waals surface area contributed by atoms with Gasteiger partial charge in [0.15, 0.2) is 0 Å². The first-order valence-electron chi connectivity index (χ1n) is 8.54. The number of ether oxygens (including phenoxy) is 1. The number of nitrogens with one attached hydrogen (secondary N) is 1. The molecule has 3 nitrogen and oxygen atoms in total. The van der Waals surface area contributed by atoms with Crippen LogP contribution in [0.4, 0.5) is 4.39 Å². The van der Waals surface area contributed by atoms with Crippen LogP contribution in [0.5, 0.6) is 0 Å². The van der Waals surface area contributed by atoms with Crippen LogP contribution in [0.25, 0.3) is 0 Å². The van der Waals surface area contributed by atoms with Crippen LogP contribution in [-0.4, -0.2) is 24.4 Å². The Bertz CT molecular complexity index is 662. The summed E-state index contributed by atoms with van der Waals surface area (Å²) >= 11 is 0. The zero-order chi connectivity index (χ0) is 16.8. The molecule has 2 N–H and O–H groups in total. The van der Waals surface area contributed by atoms with Crippen LogP contribution in [0, 0.1) is 5.82 Å². The van der Waals surface area contributed by atoms with E-state index in [1.54, 1.807) is 18.2 Å². The molecule has 0 fully saturated rings. The van der Waals surface area contributed by atoms with Gasteiger partial charge in [0.25, 0.3) is 0 Å². The number of aliphatic hydroxyl groups excluding tert-OH is 1. The summed E-state index contributed by atoms with van der Waals surface area (Å²) in [4.78, 5) is 0. The summed E-state index contributed by atoms with van der Waals surface area (Å²) in [6.45, 7) is 0.835. The minimum absolute atomic E-state index is 0.177. The first-order chi connectivity index (χ1) is 11.7. The number of halogens is 1. The first-order valence-corrected chi connectivity index (χ1v) is 8.54. The second-order valence-electron chi connectivity index (χ2n) is 6.31. The van der Waals surface area contributed by atoms with Crippen molar-refractivity contribution in [1.29, 1.82) is 0 Å². The average molecular weight is 329 g/mol. The van der Waals surface area contributed by atoms with Gasteiger partial charge in [0, 0.05) is 18.2 Å². The molecule has 0 saturated carbocycles. The van der Waals surface area contributed by atoms with E-state index in [0.717, 1.165) is 19.3 Å². The molecule has 1 aliphatic carbocycles. The molecule has 128 valence electrons. The fourth-order valence-corrected chi connectivity index (χ4v) is 3.22. The quantitative estimate of drug-likeness (QED) is 0.818. The molecule has 2 unspecified atom stereocenters. The fraction of sp³-hybridized carbons (Fsp3) is 0.400. The van der Waals surface area contributed by atoms with Gasteiger partial charge in [-0.3, -0.25) is 0 Å². The zero-order valence-electron chi connectivity index (χ0n) is 13.7. The van der Waals surface area contributed by atoms with Crippen molar-refractivity contribution in [3.05, 3.63) is 71.0 Å². The van der Waals surface area contributed by atoms with Crippen molar-refractivity contribution in [2.45, 2.75) is 38.0 Å². The van der Waals surface area contributed by atoms with Crippen molar-refractivity contribution in [2.75, 3.05) is 13.2 Å². The molecule has 0 aromatic heterocycles. The second-order valence-corrected chi connectivity index (χ2v) is 6.31. The lowest BCUT2D eigenvalue weighted by atomic mass is 9.88. The van der Waals surface area contributed by atoms with Gasteiger partial charge in [0.05, 0.1) is 19.3 Å². The number of hydrogen-bond acceptors (Lipinski definition) is 3. The Morgan fingerprint density at radius 3 is 2.83 bits per heavy atom. The average Bonchev–Trinajstić information content (AvgIpc) is 2.61. The third kappa shape index (κ3) is 4.41. The minimum Gasteiger partial charge on any atom is -0.389 e. The van der Waals surface area contributed by atoms with E-state index in [1.165, 1.54) is 17.2 Å². The van der Waals surface area contributed by atoms with E-state index < -0.39 is 6.10 Å². The predicted molar refractivity (Wildman–Crippen MR) is 92.2 cm³/mol. The highest BCUT2D eigenvalue weighted by atomic mass is 19.1. The zero-order valence-corrected chi connectivity index (χ0v) is 13.7. The summed E-state index contributed by atoms with van der Waals surface area (Å²) in [6, 6.07) is 15.3. The highest BCUT2D eigenvalue weighted by molar-refractivity contribution is 5.32. The molecule has 2 aromatic carbocycles. The molecule has 0 bridgehead atoms. The Labute approximate surface area is 142 Å². The van der Waals surface area contributed by atoms with Crippen molar-refractivity contribution in [3.63, 3.8) is 0 Å². The third-order valence-corrected chi connectivity index (χ3v) is 4.49. The van der Waals surface area contributed by atoms with Gasteiger partial charge in [-0.15, -0.1) is 0 Å². The van der Waals surface area contributed by atoms with Crippen LogP contribution < -0.4 is 5.32 Å². The van der Waals surface area contributed by atoms with Gasteiger partial charge in [-0.25, -0.2) is 4.39 Å². The van der Waals surface area contributed by atoms with E-state index in [1.807, 2.05) is 0 Å². The molecular formula is C20H24FNO2. The molecule has 0 saturated heterocycles. The lowest BCUT2D eigenvalue weighted by Gasteiger charge is -2.27. The lowest BCUT2D eigenvalue weighted by Crippen LogP contribution is -2.34. The summed E-state index contributed by atoms with van der Waals surface area (Å²) in [5.41, 5.74) is 3.24. The standard InChI is InChI=1S/C20H24FNO2/c21-19-10-4-2-7-16(19)13-24-14-17(23)12-22-20-11-5-8-15-6-1-3-9-18(15)20/h1-4,6-7,9-10,17,20,22-23H,5,8,11-14H2. The summed E-state index contributed by atoms with van der Waals surface area (Å²) in [7, 11) is 0. The summed E-state index contributed by atoms with van der Waals surface area (Å²) in [5, 5.41) is 13.5. The van der Waals surface area contributed by atoms with Gasteiger partial charge in [-0.1, -0.05) is 42.5 Å². The molecule has 0 aliphatic heterocycles. The van der Waals surface area contributed by atoms with E-state index in [4.69, 9.17) is 4.74 Å². The maximum Gasteiger partial charge on any atom is 0.128 e. The number of aliphatic hydroxyl groups is 1. The lowest BCUT2D eigenvalue weighted by molar-refractivity contribution is 0.0263. The van der Waals surface area contributed by atoms with Crippen LogP contribution in [0.1, 0.15) is 35.6 Å². The minimum atomic E-state index is -0.606. The van der Waals surface area contributed by atoms with Crippen molar-refractivity contribution in [3.8, 4) is 0 Å². The number of benzene rings is 2. The molecule has 4 heteroatoms. The van der Waals surface area contributed by atoms with Crippen LogP contribution >= 0.6 is 0 Å². The molecule has 0 amide bonds. The van der Waals surface area contributed by atoms with Crippen LogP contribution in [0.2, 0.25) is 0 Å². The first kappa shape index (κ1) is 17.1. The van der Waals surface area contributed by atoms with Gasteiger partial charge in [0.2, 0.25) is 0 Å². The van der Waals surface area contributed by atoms with Crippen LogP contribution in [0.15, 0.2) is 48.5 Å². The Hall–Kier alpha value is -1.75. The Morgan fingerprint density at radius 2 is 1.96 bits per heavy atom. The summed E-state index contributed by atoms with van der Waals surface area (Å²) in [5.74, 6) is -0.274. The van der Waals surface area contributed by atoms with E-state index >= 15 is 0 Å². The molecule has 2 atom stereocenters. The van der Waals surface area contributed by atoms with E-state index in [0.29, 0.717) is 12.1 Å². The number of rotatable bonds is 7. The van der Waals surface area contributed by atoms with Gasteiger partial charge < -0.3 is 15.2 Å². The van der Waals surface area contributed by atoms with Gasteiger partial charge in [-0.2, -0.15) is 0 Å². The van der Waals surface area contributed by atoms with Gasteiger partial charge >= 0.3 is 0 Å². The molecule has 0 radical (unpaired) electrons. The number of fused-ring (bicyclic) bond motifs is 1. The Balaban J connectivity index is 1.43. The highest BCUT2D eigenvalue weighted by Gasteiger charge is 2.20. The summed E-state index contributed by atoms with van der Waals surface area (Å²) in [6.07, 6.45) is 2.77.